The van der Waals surface area contributed by atoms with Crippen molar-refractivity contribution in [2.45, 2.75) is 31.7 Å². The molecule has 1 fully saturated rings. The minimum atomic E-state index is -0.311. The summed E-state index contributed by atoms with van der Waals surface area (Å²) in [5, 5.41) is 2.95. The van der Waals surface area contributed by atoms with Crippen LogP contribution < -0.4 is 5.32 Å². The number of ether oxygens (including phenoxy) is 2. The molecule has 0 unspecified atom stereocenters. The molecule has 104 valence electrons. The molecular formula is C12H22N2O4. The van der Waals surface area contributed by atoms with Gasteiger partial charge in [-0.25, -0.2) is 4.79 Å². The molecule has 0 aromatic carbocycles. The monoisotopic (exact) mass is 258 g/mol. The number of urea groups is 1. The predicted molar refractivity (Wildman–Crippen MR) is 66.3 cm³/mol. The molecule has 1 rings (SSSR count). The lowest BCUT2D eigenvalue weighted by atomic mass is 9.93. The molecule has 18 heavy (non-hydrogen) atoms. The maximum absolute atomic E-state index is 12.0. The maximum atomic E-state index is 12.0. The number of hydrogen-bond acceptors (Lipinski definition) is 4. The highest BCUT2D eigenvalue weighted by molar-refractivity contribution is 5.76. The molecule has 6 nitrogen and oxygen atoms in total. The zero-order valence-electron chi connectivity index (χ0n) is 11.1. The summed E-state index contributed by atoms with van der Waals surface area (Å²) in [5.41, 5.74) is 0. The number of methoxy groups -OCH3 is 2. The largest absolute Gasteiger partial charge is 0.469 e. The quantitative estimate of drug-likeness (QED) is 0.685. The predicted octanol–water partition coefficient (Wildman–Crippen LogP) is 0.760. The number of carbonyl (C=O) groups is 2. The minimum Gasteiger partial charge on any atom is -0.469 e. The lowest BCUT2D eigenvalue weighted by molar-refractivity contribution is -0.140. The van der Waals surface area contributed by atoms with E-state index in [0.29, 0.717) is 25.7 Å². The van der Waals surface area contributed by atoms with Crippen molar-refractivity contribution >= 4 is 12.0 Å². The summed E-state index contributed by atoms with van der Waals surface area (Å²) in [6.07, 6.45) is 3.46. The van der Waals surface area contributed by atoms with Crippen LogP contribution in [0.5, 0.6) is 0 Å². The molecule has 0 saturated heterocycles. The first kappa shape index (κ1) is 14.8. The average molecular weight is 258 g/mol. The second-order valence-corrected chi connectivity index (χ2v) is 4.38. The highest BCUT2D eigenvalue weighted by Gasteiger charge is 2.22. The van der Waals surface area contributed by atoms with Crippen LogP contribution in [0.4, 0.5) is 4.79 Å². The summed E-state index contributed by atoms with van der Waals surface area (Å²) in [6.45, 7) is 1.29. The Labute approximate surface area is 108 Å². The van der Waals surface area contributed by atoms with Gasteiger partial charge in [0.15, 0.2) is 0 Å². The second kappa shape index (κ2) is 7.92. The molecule has 2 amide bonds. The van der Waals surface area contributed by atoms with Gasteiger partial charge in [0.2, 0.25) is 0 Å². The van der Waals surface area contributed by atoms with E-state index in [4.69, 9.17) is 4.74 Å². The first-order valence-electron chi connectivity index (χ1n) is 6.28. The number of amides is 2. The summed E-state index contributed by atoms with van der Waals surface area (Å²) in [5.74, 6) is -0.311. The fourth-order valence-electron chi connectivity index (χ4n) is 1.66. The first-order valence-corrected chi connectivity index (χ1v) is 6.28. The Morgan fingerprint density at radius 2 is 2.00 bits per heavy atom. The van der Waals surface area contributed by atoms with Crippen LogP contribution in [0.3, 0.4) is 0 Å². The molecule has 0 radical (unpaired) electrons. The van der Waals surface area contributed by atoms with E-state index in [1.54, 1.807) is 12.0 Å². The number of esters is 1. The van der Waals surface area contributed by atoms with Gasteiger partial charge in [0.25, 0.3) is 0 Å². The van der Waals surface area contributed by atoms with E-state index in [9.17, 15) is 9.59 Å². The van der Waals surface area contributed by atoms with Crippen molar-refractivity contribution in [3.63, 3.8) is 0 Å². The van der Waals surface area contributed by atoms with Crippen molar-refractivity contribution in [1.82, 2.24) is 10.2 Å². The molecule has 0 aliphatic heterocycles. The van der Waals surface area contributed by atoms with Crippen molar-refractivity contribution < 1.29 is 19.1 Å². The van der Waals surface area contributed by atoms with Gasteiger partial charge in [-0.2, -0.15) is 0 Å². The van der Waals surface area contributed by atoms with Gasteiger partial charge in [-0.05, 0) is 19.3 Å². The van der Waals surface area contributed by atoms with Gasteiger partial charge in [-0.15, -0.1) is 0 Å². The molecule has 0 aromatic rings. The third-order valence-electron chi connectivity index (χ3n) is 3.10. The van der Waals surface area contributed by atoms with E-state index in [0.717, 1.165) is 12.8 Å². The van der Waals surface area contributed by atoms with Crippen molar-refractivity contribution in [2.75, 3.05) is 33.9 Å². The summed E-state index contributed by atoms with van der Waals surface area (Å²) in [7, 11) is 2.93. The standard InChI is InChI=1S/C12H22N2O4/c1-17-9-8-14(7-6-11(15)18-2)12(16)13-10-4-3-5-10/h10H,3-9H2,1-2H3,(H,13,16). The number of hydrogen-bond donors (Lipinski definition) is 1. The Kier molecular flexibility index (Phi) is 6.49. The third kappa shape index (κ3) is 4.91. The van der Waals surface area contributed by atoms with Gasteiger partial charge < -0.3 is 19.7 Å². The van der Waals surface area contributed by atoms with Crippen LogP contribution in [0.1, 0.15) is 25.7 Å². The van der Waals surface area contributed by atoms with Crippen molar-refractivity contribution in [1.29, 1.82) is 0 Å². The van der Waals surface area contributed by atoms with Crippen LogP contribution in [-0.2, 0) is 14.3 Å². The van der Waals surface area contributed by atoms with Gasteiger partial charge in [0.1, 0.15) is 0 Å². The lowest BCUT2D eigenvalue weighted by Gasteiger charge is -2.30. The van der Waals surface area contributed by atoms with Crippen LogP contribution in [0.15, 0.2) is 0 Å². The molecule has 6 heteroatoms. The molecule has 1 aliphatic rings. The van der Waals surface area contributed by atoms with E-state index in [2.05, 4.69) is 10.1 Å². The third-order valence-corrected chi connectivity index (χ3v) is 3.10. The van der Waals surface area contributed by atoms with E-state index >= 15 is 0 Å². The molecule has 1 aliphatic carbocycles. The molecule has 0 heterocycles. The highest BCUT2D eigenvalue weighted by Crippen LogP contribution is 2.18. The van der Waals surface area contributed by atoms with E-state index < -0.39 is 0 Å². The van der Waals surface area contributed by atoms with Crippen LogP contribution >= 0.6 is 0 Å². The van der Waals surface area contributed by atoms with Crippen molar-refractivity contribution in [3.05, 3.63) is 0 Å². The normalized spacial score (nSPS) is 14.8. The summed E-state index contributed by atoms with van der Waals surface area (Å²) in [6, 6.07) is 0.168. The summed E-state index contributed by atoms with van der Waals surface area (Å²) >= 11 is 0. The molecule has 0 aromatic heterocycles. The van der Waals surface area contributed by atoms with Gasteiger partial charge in [0, 0.05) is 26.2 Å². The fraction of sp³-hybridized carbons (Fsp3) is 0.833. The van der Waals surface area contributed by atoms with Crippen molar-refractivity contribution in [2.24, 2.45) is 0 Å². The average Bonchev–Trinajstić information content (AvgIpc) is 2.33. The maximum Gasteiger partial charge on any atom is 0.317 e. The molecule has 1 N–H and O–H groups in total. The Hall–Kier alpha value is -1.30. The van der Waals surface area contributed by atoms with E-state index in [-0.39, 0.29) is 18.4 Å². The number of nitrogens with zero attached hydrogens (tertiary/aromatic N) is 1. The van der Waals surface area contributed by atoms with Crippen LogP contribution in [0, 0.1) is 0 Å². The highest BCUT2D eigenvalue weighted by atomic mass is 16.5. The summed E-state index contributed by atoms with van der Waals surface area (Å²) < 4.78 is 9.53. The zero-order chi connectivity index (χ0) is 13.4. The Morgan fingerprint density at radius 3 is 2.50 bits per heavy atom. The van der Waals surface area contributed by atoms with Gasteiger partial charge in [-0.3, -0.25) is 4.79 Å². The molecule has 1 saturated carbocycles. The second-order valence-electron chi connectivity index (χ2n) is 4.38. The van der Waals surface area contributed by atoms with Crippen LogP contribution in [0.25, 0.3) is 0 Å². The lowest BCUT2D eigenvalue weighted by Crippen LogP contribution is -2.48. The smallest absolute Gasteiger partial charge is 0.317 e. The Bertz CT molecular complexity index is 279. The molecule has 0 atom stereocenters. The number of carbonyl (C=O) groups excluding carboxylic acids is 2. The minimum absolute atomic E-state index is 0.124. The molecule has 0 spiro atoms. The SMILES string of the molecule is COCCN(CCC(=O)OC)C(=O)NC1CCC1. The Morgan fingerprint density at radius 1 is 1.28 bits per heavy atom. The van der Waals surface area contributed by atoms with E-state index in [1.807, 2.05) is 0 Å². The summed E-state index contributed by atoms with van der Waals surface area (Å²) in [4.78, 5) is 24.6. The van der Waals surface area contributed by atoms with Gasteiger partial charge >= 0.3 is 12.0 Å². The number of rotatable bonds is 7. The Balaban J connectivity index is 2.36. The van der Waals surface area contributed by atoms with Crippen LogP contribution in [-0.4, -0.2) is 56.9 Å². The van der Waals surface area contributed by atoms with Crippen molar-refractivity contribution in [3.8, 4) is 0 Å². The van der Waals surface area contributed by atoms with Crippen LogP contribution in [0.2, 0.25) is 0 Å². The van der Waals surface area contributed by atoms with Gasteiger partial charge in [0.05, 0.1) is 20.1 Å². The zero-order valence-corrected chi connectivity index (χ0v) is 11.1. The van der Waals surface area contributed by atoms with Gasteiger partial charge in [-0.1, -0.05) is 0 Å². The molecule has 0 bridgehead atoms. The fourth-order valence-corrected chi connectivity index (χ4v) is 1.66. The molecular weight excluding hydrogens is 236 g/mol. The van der Waals surface area contributed by atoms with E-state index in [1.165, 1.54) is 13.5 Å². The number of nitrogens with one attached hydrogen (secondary N) is 1. The first-order chi connectivity index (χ1) is 8.67. The topological polar surface area (TPSA) is 67.9 Å².